The van der Waals surface area contributed by atoms with E-state index in [-0.39, 0.29) is 0 Å². The molecule has 0 aromatic heterocycles. The fraction of sp³-hybridized carbons (Fsp3) is 0.538. The van der Waals surface area contributed by atoms with Crippen molar-refractivity contribution >= 4 is 17.3 Å². The fourth-order valence-electron chi connectivity index (χ4n) is 2.25. The van der Waals surface area contributed by atoms with Crippen molar-refractivity contribution in [3.63, 3.8) is 0 Å². The summed E-state index contributed by atoms with van der Waals surface area (Å²) in [4.78, 5) is 2.40. The highest BCUT2D eigenvalue weighted by Crippen LogP contribution is 2.19. The summed E-state index contributed by atoms with van der Waals surface area (Å²) in [6.07, 6.45) is 2.60. The van der Waals surface area contributed by atoms with Crippen LogP contribution in [0.5, 0.6) is 0 Å². The lowest BCUT2D eigenvalue weighted by Gasteiger charge is -2.26. The van der Waals surface area contributed by atoms with E-state index in [9.17, 15) is 0 Å². The number of anilines is 1. The molecule has 2 rings (SSSR count). The van der Waals surface area contributed by atoms with Gasteiger partial charge in [-0.3, -0.25) is 0 Å². The molecule has 1 aromatic carbocycles. The third-order valence-corrected chi connectivity index (χ3v) is 3.43. The topological polar surface area (TPSA) is 15.3 Å². The van der Waals surface area contributed by atoms with E-state index in [4.69, 9.17) is 11.6 Å². The van der Waals surface area contributed by atoms with Gasteiger partial charge in [0.2, 0.25) is 0 Å². The molecular weight excluding hydrogens is 220 g/mol. The minimum Gasteiger partial charge on any atom is -0.370 e. The van der Waals surface area contributed by atoms with Crippen LogP contribution in [-0.4, -0.2) is 25.7 Å². The van der Waals surface area contributed by atoms with Crippen molar-refractivity contribution in [2.24, 2.45) is 0 Å². The zero-order chi connectivity index (χ0) is 11.4. The number of hydrogen-bond donors (Lipinski definition) is 1. The maximum atomic E-state index is 5.90. The molecule has 1 aliphatic heterocycles. The second-order valence-corrected chi connectivity index (χ2v) is 4.74. The third kappa shape index (κ3) is 2.89. The summed E-state index contributed by atoms with van der Waals surface area (Å²) in [5.74, 6) is 0. The summed E-state index contributed by atoms with van der Waals surface area (Å²) >= 11 is 5.90. The fourth-order valence-corrected chi connectivity index (χ4v) is 2.37. The van der Waals surface area contributed by atoms with Crippen LogP contribution < -0.4 is 10.2 Å². The smallest absolute Gasteiger partial charge is 0.0407 e. The summed E-state index contributed by atoms with van der Waals surface area (Å²) in [5, 5.41) is 4.34. The van der Waals surface area contributed by atoms with Crippen LogP contribution >= 0.6 is 11.6 Å². The van der Waals surface area contributed by atoms with Crippen molar-refractivity contribution in [1.29, 1.82) is 0 Å². The molecule has 1 heterocycles. The maximum Gasteiger partial charge on any atom is 0.0407 e. The van der Waals surface area contributed by atoms with Crippen molar-refractivity contribution in [2.75, 3.05) is 24.5 Å². The van der Waals surface area contributed by atoms with Crippen molar-refractivity contribution in [2.45, 2.75) is 25.8 Å². The number of nitrogens with one attached hydrogen (secondary N) is 1. The first-order chi connectivity index (χ1) is 7.79. The Labute approximate surface area is 103 Å². The molecule has 2 nitrogen and oxygen atoms in total. The maximum absolute atomic E-state index is 5.90. The average Bonchev–Trinajstić information content (AvgIpc) is 2.80. The van der Waals surface area contributed by atoms with Crippen molar-refractivity contribution in [3.05, 3.63) is 29.3 Å². The van der Waals surface area contributed by atoms with Gasteiger partial charge < -0.3 is 10.2 Å². The van der Waals surface area contributed by atoms with E-state index >= 15 is 0 Å². The Hall–Kier alpha value is -0.730. The molecule has 1 N–H and O–H groups in total. The normalized spacial score (nSPS) is 20.0. The summed E-state index contributed by atoms with van der Waals surface area (Å²) in [6, 6.07) is 8.76. The Morgan fingerprint density at radius 2 is 2.12 bits per heavy atom. The Morgan fingerprint density at radius 3 is 2.69 bits per heavy atom. The molecule has 0 aliphatic carbocycles. The summed E-state index contributed by atoms with van der Waals surface area (Å²) in [7, 11) is 0. The van der Waals surface area contributed by atoms with Crippen LogP contribution in [0.4, 0.5) is 5.69 Å². The molecule has 1 aliphatic rings. The van der Waals surface area contributed by atoms with E-state index in [1.165, 1.54) is 25.1 Å². The molecule has 16 heavy (non-hydrogen) atoms. The molecule has 1 aromatic rings. The monoisotopic (exact) mass is 238 g/mol. The number of benzene rings is 1. The van der Waals surface area contributed by atoms with E-state index in [2.05, 4.69) is 29.3 Å². The largest absolute Gasteiger partial charge is 0.370 e. The number of hydrogen-bond acceptors (Lipinski definition) is 2. The minimum atomic E-state index is 0.649. The van der Waals surface area contributed by atoms with Crippen molar-refractivity contribution in [1.82, 2.24) is 5.32 Å². The van der Waals surface area contributed by atoms with Crippen molar-refractivity contribution < 1.29 is 0 Å². The van der Waals surface area contributed by atoms with Gasteiger partial charge in [0.05, 0.1) is 0 Å². The third-order valence-electron chi connectivity index (χ3n) is 3.18. The molecular formula is C13H19ClN2. The van der Waals surface area contributed by atoms with E-state index in [0.29, 0.717) is 6.04 Å². The second-order valence-electron chi connectivity index (χ2n) is 4.31. The first-order valence-electron chi connectivity index (χ1n) is 6.03. The SMILES string of the molecule is CCN(CC1CCCN1)c1ccc(Cl)cc1. The van der Waals surface area contributed by atoms with Crippen LogP contribution in [0, 0.1) is 0 Å². The highest BCUT2D eigenvalue weighted by molar-refractivity contribution is 6.30. The molecule has 1 unspecified atom stereocenters. The molecule has 0 amide bonds. The highest BCUT2D eigenvalue weighted by Gasteiger charge is 2.17. The molecule has 1 fully saturated rings. The predicted octanol–water partition coefficient (Wildman–Crippen LogP) is 2.92. The molecule has 1 atom stereocenters. The van der Waals surface area contributed by atoms with Crippen LogP contribution in [0.3, 0.4) is 0 Å². The molecule has 0 saturated carbocycles. The average molecular weight is 239 g/mol. The molecule has 0 radical (unpaired) electrons. The van der Waals surface area contributed by atoms with E-state index in [1.807, 2.05) is 12.1 Å². The quantitative estimate of drug-likeness (QED) is 0.868. The predicted molar refractivity (Wildman–Crippen MR) is 70.4 cm³/mol. The number of halogens is 1. The Kier molecular flexibility index (Phi) is 4.08. The standard InChI is InChI=1S/C13H19ClN2/c1-2-16(10-12-4-3-9-15-12)13-7-5-11(14)6-8-13/h5-8,12,15H,2-4,9-10H2,1H3. The van der Waals surface area contributed by atoms with Crippen LogP contribution in [0.1, 0.15) is 19.8 Å². The van der Waals surface area contributed by atoms with E-state index in [1.54, 1.807) is 0 Å². The number of rotatable bonds is 4. The first-order valence-corrected chi connectivity index (χ1v) is 6.41. The number of likely N-dealkylation sites (N-methyl/N-ethyl adjacent to an activating group) is 1. The Morgan fingerprint density at radius 1 is 1.38 bits per heavy atom. The van der Waals surface area contributed by atoms with E-state index in [0.717, 1.165) is 18.1 Å². The van der Waals surface area contributed by atoms with Gasteiger partial charge in [0.25, 0.3) is 0 Å². The summed E-state index contributed by atoms with van der Waals surface area (Å²) in [6.45, 7) is 5.50. The van der Waals surface area contributed by atoms with Gasteiger partial charge in [0.15, 0.2) is 0 Å². The lowest BCUT2D eigenvalue weighted by Crippen LogP contribution is -2.37. The lowest BCUT2D eigenvalue weighted by atomic mass is 10.2. The van der Waals surface area contributed by atoms with Crippen LogP contribution in [0.2, 0.25) is 5.02 Å². The van der Waals surface area contributed by atoms with Crippen LogP contribution in [-0.2, 0) is 0 Å². The van der Waals surface area contributed by atoms with Gasteiger partial charge in [-0.2, -0.15) is 0 Å². The molecule has 0 bridgehead atoms. The molecule has 1 saturated heterocycles. The van der Waals surface area contributed by atoms with Crippen LogP contribution in [0.15, 0.2) is 24.3 Å². The van der Waals surface area contributed by atoms with Gasteiger partial charge in [-0.1, -0.05) is 11.6 Å². The van der Waals surface area contributed by atoms with Gasteiger partial charge >= 0.3 is 0 Å². The van der Waals surface area contributed by atoms with Crippen LogP contribution in [0.25, 0.3) is 0 Å². The Bertz CT molecular complexity index is 317. The van der Waals surface area contributed by atoms with Gasteiger partial charge in [0.1, 0.15) is 0 Å². The molecule has 3 heteroatoms. The summed E-state index contributed by atoms with van der Waals surface area (Å²) in [5.41, 5.74) is 1.26. The Balaban J connectivity index is 2.00. The summed E-state index contributed by atoms with van der Waals surface area (Å²) < 4.78 is 0. The molecule has 88 valence electrons. The minimum absolute atomic E-state index is 0.649. The zero-order valence-corrected chi connectivity index (χ0v) is 10.5. The first kappa shape index (κ1) is 11.7. The highest BCUT2D eigenvalue weighted by atomic mass is 35.5. The van der Waals surface area contributed by atoms with Gasteiger partial charge in [-0.15, -0.1) is 0 Å². The van der Waals surface area contributed by atoms with Gasteiger partial charge in [-0.05, 0) is 50.6 Å². The van der Waals surface area contributed by atoms with Crippen molar-refractivity contribution in [3.8, 4) is 0 Å². The lowest BCUT2D eigenvalue weighted by molar-refractivity contribution is 0.587. The molecule has 0 spiro atoms. The second kappa shape index (κ2) is 5.55. The number of nitrogens with zero attached hydrogens (tertiary/aromatic N) is 1. The zero-order valence-electron chi connectivity index (χ0n) is 9.75. The van der Waals surface area contributed by atoms with E-state index < -0.39 is 0 Å². The van der Waals surface area contributed by atoms with Gasteiger partial charge in [-0.25, -0.2) is 0 Å². The van der Waals surface area contributed by atoms with Gasteiger partial charge in [0, 0.05) is 29.8 Å².